The van der Waals surface area contributed by atoms with Gasteiger partial charge in [0, 0.05) is 17.8 Å². The van der Waals surface area contributed by atoms with Gasteiger partial charge in [0.1, 0.15) is 6.07 Å². The van der Waals surface area contributed by atoms with Gasteiger partial charge in [-0.3, -0.25) is 0 Å². The van der Waals surface area contributed by atoms with E-state index in [-0.39, 0.29) is 6.04 Å². The SMILES string of the molecule is CS(=O)NCC(Nc1ncc(C#N)cn1)c1ccc(Cl)cc1. The molecule has 0 amide bonds. The third kappa shape index (κ3) is 4.77. The van der Waals surface area contributed by atoms with Crippen LogP contribution < -0.4 is 10.0 Å². The fraction of sp³-hybridized carbons (Fsp3) is 0.214. The molecule has 8 heteroatoms. The predicted octanol–water partition coefficient (Wildman–Crippen LogP) is 2.04. The molecule has 2 rings (SSSR count). The van der Waals surface area contributed by atoms with Crippen LogP contribution in [0, 0.1) is 11.3 Å². The molecule has 1 aromatic carbocycles. The lowest BCUT2D eigenvalue weighted by atomic mass is 10.1. The number of nitrogens with zero attached hydrogens (tertiary/aromatic N) is 3. The minimum atomic E-state index is -1.13. The van der Waals surface area contributed by atoms with E-state index in [2.05, 4.69) is 20.0 Å². The summed E-state index contributed by atoms with van der Waals surface area (Å²) in [6.45, 7) is 0.425. The Morgan fingerprint density at radius 2 is 1.95 bits per heavy atom. The molecule has 0 saturated carbocycles. The molecule has 22 heavy (non-hydrogen) atoms. The van der Waals surface area contributed by atoms with Crippen LogP contribution in [0.15, 0.2) is 36.7 Å². The van der Waals surface area contributed by atoms with E-state index >= 15 is 0 Å². The lowest BCUT2D eigenvalue weighted by Crippen LogP contribution is -2.28. The maximum atomic E-state index is 11.3. The van der Waals surface area contributed by atoms with Gasteiger partial charge in [-0.1, -0.05) is 23.7 Å². The summed E-state index contributed by atoms with van der Waals surface area (Å²) in [5.74, 6) is 0.391. The molecule has 0 bridgehead atoms. The van der Waals surface area contributed by atoms with E-state index in [9.17, 15) is 4.21 Å². The molecule has 0 spiro atoms. The van der Waals surface area contributed by atoms with E-state index < -0.39 is 11.0 Å². The van der Waals surface area contributed by atoms with Crippen LogP contribution in [0.25, 0.3) is 0 Å². The van der Waals surface area contributed by atoms with Crippen LogP contribution in [0.1, 0.15) is 17.2 Å². The van der Waals surface area contributed by atoms with E-state index in [0.717, 1.165) is 5.56 Å². The number of benzene rings is 1. The van der Waals surface area contributed by atoms with Crippen LogP contribution in [0.4, 0.5) is 5.95 Å². The molecule has 6 nitrogen and oxygen atoms in total. The summed E-state index contributed by atoms with van der Waals surface area (Å²) in [5.41, 5.74) is 1.34. The standard InChI is InChI=1S/C14H14ClN5OS/c1-22(21)19-9-13(11-2-4-12(15)5-3-11)20-14-17-7-10(6-16)8-18-14/h2-5,7-8,13,19H,9H2,1H3,(H,17,18,20). The smallest absolute Gasteiger partial charge is 0.223 e. The Labute approximate surface area is 136 Å². The first-order chi connectivity index (χ1) is 10.6. The average Bonchev–Trinajstić information content (AvgIpc) is 2.53. The van der Waals surface area contributed by atoms with Gasteiger partial charge in [0.25, 0.3) is 0 Å². The van der Waals surface area contributed by atoms with Crippen molar-refractivity contribution in [2.24, 2.45) is 0 Å². The van der Waals surface area contributed by atoms with Gasteiger partial charge in [-0.15, -0.1) is 0 Å². The summed E-state index contributed by atoms with van der Waals surface area (Å²) in [4.78, 5) is 8.17. The molecule has 0 aliphatic rings. The molecule has 2 atom stereocenters. The second-order valence-electron chi connectivity index (χ2n) is 4.46. The number of rotatable bonds is 6. The molecule has 2 aromatic rings. The molecule has 1 aromatic heterocycles. The summed E-state index contributed by atoms with van der Waals surface area (Å²) < 4.78 is 14.1. The molecule has 1 heterocycles. The molecule has 2 N–H and O–H groups in total. The summed E-state index contributed by atoms with van der Waals surface area (Å²) in [6.07, 6.45) is 4.45. The highest BCUT2D eigenvalue weighted by atomic mass is 35.5. The van der Waals surface area contributed by atoms with Crippen LogP contribution in [-0.4, -0.2) is 27.0 Å². The summed E-state index contributed by atoms with van der Waals surface area (Å²) in [6, 6.07) is 9.11. The van der Waals surface area contributed by atoms with Gasteiger partial charge >= 0.3 is 0 Å². The van der Waals surface area contributed by atoms with Crippen molar-refractivity contribution < 1.29 is 4.21 Å². The summed E-state index contributed by atoms with van der Waals surface area (Å²) in [7, 11) is -1.13. The number of nitrogens with one attached hydrogen (secondary N) is 2. The Kier molecular flexibility index (Phi) is 5.83. The van der Waals surface area contributed by atoms with Crippen LogP contribution >= 0.6 is 11.6 Å². The molecule has 0 saturated heterocycles. The number of aromatic nitrogens is 2. The van der Waals surface area contributed by atoms with Crippen LogP contribution in [0.3, 0.4) is 0 Å². The van der Waals surface area contributed by atoms with Gasteiger partial charge in [-0.2, -0.15) is 5.26 Å². The monoisotopic (exact) mass is 335 g/mol. The zero-order chi connectivity index (χ0) is 15.9. The molecule has 114 valence electrons. The highest BCUT2D eigenvalue weighted by molar-refractivity contribution is 7.82. The number of anilines is 1. The molecular formula is C14H14ClN5OS. The summed E-state index contributed by atoms with van der Waals surface area (Å²) in [5, 5.41) is 12.5. The van der Waals surface area contributed by atoms with Gasteiger partial charge < -0.3 is 5.32 Å². The van der Waals surface area contributed by atoms with Crippen LogP contribution in [0.2, 0.25) is 5.02 Å². The fourth-order valence-electron chi connectivity index (χ4n) is 1.76. The number of nitriles is 1. The van der Waals surface area contributed by atoms with Crippen molar-refractivity contribution in [2.45, 2.75) is 6.04 Å². The minimum absolute atomic E-state index is 0.186. The Balaban J connectivity index is 2.17. The largest absolute Gasteiger partial charge is 0.346 e. The van der Waals surface area contributed by atoms with E-state index in [0.29, 0.717) is 23.1 Å². The quantitative estimate of drug-likeness (QED) is 0.843. The van der Waals surface area contributed by atoms with E-state index in [1.54, 1.807) is 18.4 Å². The molecule has 0 fully saturated rings. The van der Waals surface area contributed by atoms with Crippen molar-refractivity contribution in [3.8, 4) is 6.07 Å². The normalized spacial score (nSPS) is 13.1. The topological polar surface area (TPSA) is 90.7 Å². The van der Waals surface area contributed by atoms with Crippen molar-refractivity contribution >= 4 is 28.5 Å². The van der Waals surface area contributed by atoms with Gasteiger partial charge in [0.2, 0.25) is 5.95 Å². The number of hydrogen-bond acceptors (Lipinski definition) is 5. The second kappa shape index (κ2) is 7.84. The van der Waals surface area contributed by atoms with E-state index in [1.807, 2.05) is 18.2 Å². The highest BCUT2D eigenvalue weighted by Gasteiger charge is 2.13. The zero-order valence-electron chi connectivity index (χ0n) is 11.8. The lowest BCUT2D eigenvalue weighted by Gasteiger charge is -2.19. The van der Waals surface area contributed by atoms with Gasteiger partial charge in [-0.25, -0.2) is 18.9 Å². The zero-order valence-corrected chi connectivity index (χ0v) is 13.4. The summed E-state index contributed by atoms with van der Waals surface area (Å²) >= 11 is 5.90. The predicted molar refractivity (Wildman–Crippen MR) is 86.6 cm³/mol. The van der Waals surface area contributed by atoms with Gasteiger partial charge in [0.15, 0.2) is 0 Å². The Morgan fingerprint density at radius 1 is 1.32 bits per heavy atom. The fourth-order valence-corrected chi connectivity index (χ4v) is 2.29. The van der Waals surface area contributed by atoms with Crippen LogP contribution in [-0.2, 0) is 11.0 Å². The lowest BCUT2D eigenvalue weighted by molar-refractivity contribution is 0.664. The average molecular weight is 336 g/mol. The number of halogens is 1. The van der Waals surface area contributed by atoms with Gasteiger partial charge in [0.05, 0.1) is 35.0 Å². The van der Waals surface area contributed by atoms with Crippen molar-refractivity contribution in [1.29, 1.82) is 5.26 Å². The third-order valence-electron chi connectivity index (χ3n) is 2.85. The Bertz CT molecular complexity index is 684. The van der Waals surface area contributed by atoms with E-state index in [1.165, 1.54) is 12.4 Å². The minimum Gasteiger partial charge on any atom is -0.346 e. The highest BCUT2D eigenvalue weighted by Crippen LogP contribution is 2.19. The van der Waals surface area contributed by atoms with Crippen molar-refractivity contribution in [3.63, 3.8) is 0 Å². The van der Waals surface area contributed by atoms with Crippen molar-refractivity contribution in [1.82, 2.24) is 14.7 Å². The molecule has 0 aliphatic carbocycles. The first-order valence-electron chi connectivity index (χ1n) is 6.39. The molecular weight excluding hydrogens is 322 g/mol. The Morgan fingerprint density at radius 3 is 2.50 bits per heavy atom. The second-order valence-corrected chi connectivity index (χ2v) is 6.09. The molecule has 2 unspecified atom stereocenters. The Hall–Kier alpha value is -2.01. The third-order valence-corrected chi connectivity index (χ3v) is 3.67. The first kappa shape index (κ1) is 16.4. The van der Waals surface area contributed by atoms with Crippen molar-refractivity contribution in [2.75, 3.05) is 18.1 Å². The molecule has 0 radical (unpaired) electrons. The van der Waals surface area contributed by atoms with Gasteiger partial charge in [-0.05, 0) is 17.7 Å². The van der Waals surface area contributed by atoms with Crippen molar-refractivity contribution in [3.05, 3.63) is 52.8 Å². The molecule has 0 aliphatic heterocycles. The van der Waals surface area contributed by atoms with Crippen LogP contribution in [0.5, 0.6) is 0 Å². The van der Waals surface area contributed by atoms with E-state index in [4.69, 9.17) is 16.9 Å². The number of hydrogen-bond donors (Lipinski definition) is 2. The maximum absolute atomic E-state index is 11.3. The maximum Gasteiger partial charge on any atom is 0.223 e. The first-order valence-corrected chi connectivity index (χ1v) is 8.33.